The van der Waals surface area contributed by atoms with E-state index in [1.807, 2.05) is 6.07 Å². The first-order valence-electron chi connectivity index (χ1n) is 8.16. The second-order valence-electron chi connectivity index (χ2n) is 5.88. The van der Waals surface area contributed by atoms with Gasteiger partial charge in [0, 0.05) is 16.8 Å². The number of aliphatic imine (C=N–C) groups is 1. The van der Waals surface area contributed by atoms with Crippen LogP contribution in [0.5, 0.6) is 0 Å². The van der Waals surface area contributed by atoms with E-state index in [1.54, 1.807) is 30.3 Å². The molecular weight excluding hydrogens is 392 g/mol. The van der Waals surface area contributed by atoms with E-state index in [0.29, 0.717) is 45.6 Å². The lowest BCUT2D eigenvalue weighted by Gasteiger charge is -2.03. The highest BCUT2D eigenvalue weighted by Crippen LogP contribution is 2.32. The van der Waals surface area contributed by atoms with Crippen LogP contribution in [0.1, 0.15) is 25.9 Å². The fourth-order valence-electron chi connectivity index (χ4n) is 2.85. The van der Waals surface area contributed by atoms with Gasteiger partial charge in [0.2, 0.25) is 0 Å². The number of fused-ring (bicyclic) bond motifs is 1. The molecule has 10 heteroatoms. The van der Waals surface area contributed by atoms with Crippen molar-refractivity contribution in [1.82, 2.24) is 14.8 Å². The fraction of sp³-hybridized carbons (Fsp3) is 0. The Balaban J connectivity index is 1.92. The second-order valence-corrected chi connectivity index (χ2v) is 6.98. The summed E-state index contributed by atoms with van der Waals surface area (Å²) in [7, 11) is 0. The van der Waals surface area contributed by atoms with Crippen LogP contribution in [0.15, 0.2) is 40.9 Å². The van der Waals surface area contributed by atoms with Crippen LogP contribution in [0, 0.1) is 11.3 Å². The third-order valence-electron chi connectivity index (χ3n) is 4.16. The minimum atomic E-state index is 0.0192. The van der Waals surface area contributed by atoms with E-state index in [9.17, 15) is 19.6 Å². The summed E-state index contributed by atoms with van der Waals surface area (Å²) in [4.78, 5) is 43.1. The minimum Gasteiger partial charge on any atom is -0.399 e. The number of carbonyl (C=O) groups is 3. The molecule has 9 nitrogen and oxygen atoms in total. The molecule has 1 aliphatic heterocycles. The number of nitrogen functional groups attached to an aromatic ring is 1. The number of nitrogens with two attached hydrogens (primary N) is 1. The Labute approximate surface area is 167 Å². The molecule has 1 aliphatic rings. The summed E-state index contributed by atoms with van der Waals surface area (Å²) in [5.41, 5.74) is 7.01. The molecule has 3 aromatic rings. The lowest BCUT2D eigenvalue weighted by Crippen LogP contribution is -2.11. The smallest absolute Gasteiger partial charge is 0.183 e. The van der Waals surface area contributed by atoms with Crippen molar-refractivity contribution in [3.63, 3.8) is 0 Å². The Morgan fingerprint density at radius 1 is 1.14 bits per heavy atom. The number of anilines is 1. The molecule has 4 rings (SSSR count). The Bertz CT molecular complexity index is 1290. The van der Waals surface area contributed by atoms with Crippen molar-refractivity contribution >= 4 is 52.3 Å². The first-order chi connectivity index (χ1) is 14.1. The zero-order valence-electron chi connectivity index (χ0n) is 14.6. The fourth-order valence-corrected chi connectivity index (χ4v) is 3.55. The van der Waals surface area contributed by atoms with Gasteiger partial charge in [-0.05, 0) is 30.3 Å². The molecule has 0 radical (unpaired) electrons. The van der Waals surface area contributed by atoms with E-state index in [0.717, 1.165) is 11.3 Å². The average molecular weight is 402 g/mol. The molecule has 0 fully saturated rings. The summed E-state index contributed by atoms with van der Waals surface area (Å²) in [5, 5.41) is 14.3. The van der Waals surface area contributed by atoms with Crippen molar-refractivity contribution in [2.75, 3.05) is 5.73 Å². The number of carbonyl (C=O) groups excluding carboxylic acids is 3. The standard InChI is InChI=1S/C19H10N6O3S/c20-6-14-15(9-28)19-23-17(13-5-11(21)2-1-10(13)7-26)24-25(19)18(14)22-16-4-3-12(8-27)29-16/h1-5,7-9H,21H2/b22-18+. The molecule has 0 spiro atoms. The molecular formula is C19H10N6O3S. The summed E-state index contributed by atoms with van der Waals surface area (Å²) in [6.07, 6.45) is 1.86. The molecule has 2 N–H and O–H groups in total. The minimum absolute atomic E-state index is 0.0192. The number of rotatable bonds is 5. The van der Waals surface area contributed by atoms with Crippen LogP contribution in [0.4, 0.5) is 10.7 Å². The predicted octanol–water partition coefficient (Wildman–Crippen LogP) is 2.28. The van der Waals surface area contributed by atoms with Crippen LogP contribution < -0.4 is 5.73 Å². The van der Waals surface area contributed by atoms with E-state index in [2.05, 4.69) is 15.1 Å². The van der Waals surface area contributed by atoms with E-state index in [1.165, 1.54) is 4.68 Å². The molecule has 0 atom stereocenters. The highest BCUT2D eigenvalue weighted by Gasteiger charge is 2.32. The van der Waals surface area contributed by atoms with Crippen LogP contribution in [0.2, 0.25) is 0 Å². The molecule has 140 valence electrons. The first-order valence-corrected chi connectivity index (χ1v) is 8.97. The zero-order valence-corrected chi connectivity index (χ0v) is 15.4. The number of hydrogen-bond acceptors (Lipinski definition) is 9. The van der Waals surface area contributed by atoms with Crippen molar-refractivity contribution in [3.8, 4) is 17.5 Å². The van der Waals surface area contributed by atoms with E-state index >= 15 is 0 Å². The number of allylic oxidation sites excluding steroid dienone is 2. The van der Waals surface area contributed by atoms with Gasteiger partial charge in [-0.15, -0.1) is 16.4 Å². The van der Waals surface area contributed by atoms with Crippen molar-refractivity contribution < 1.29 is 14.4 Å². The molecule has 2 aromatic heterocycles. The lowest BCUT2D eigenvalue weighted by atomic mass is 10.1. The van der Waals surface area contributed by atoms with Gasteiger partial charge in [-0.1, -0.05) is 0 Å². The molecule has 0 bridgehead atoms. The van der Waals surface area contributed by atoms with Crippen molar-refractivity contribution in [3.05, 3.63) is 52.2 Å². The summed E-state index contributed by atoms with van der Waals surface area (Å²) < 4.78 is 1.27. The van der Waals surface area contributed by atoms with Crippen LogP contribution >= 0.6 is 11.3 Å². The second kappa shape index (κ2) is 7.06. The lowest BCUT2D eigenvalue weighted by molar-refractivity contribution is -0.103. The van der Waals surface area contributed by atoms with Gasteiger partial charge in [0.25, 0.3) is 0 Å². The molecule has 0 aliphatic carbocycles. The van der Waals surface area contributed by atoms with E-state index in [-0.39, 0.29) is 28.6 Å². The summed E-state index contributed by atoms with van der Waals surface area (Å²) >= 11 is 1.13. The van der Waals surface area contributed by atoms with E-state index in [4.69, 9.17) is 5.73 Å². The van der Waals surface area contributed by atoms with Gasteiger partial charge in [0.1, 0.15) is 16.6 Å². The number of hydrogen-bond donors (Lipinski definition) is 1. The molecule has 0 saturated carbocycles. The Hall–Kier alpha value is -4.23. The topological polar surface area (TPSA) is 144 Å². The van der Waals surface area contributed by atoms with Gasteiger partial charge < -0.3 is 5.73 Å². The van der Waals surface area contributed by atoms with Crippen molar-refractivity contribution in [1.29, 1.82) is 5.26 Å². The number of aromatic nitrogens is 3. The summed E-state index contributed by atoms with van der Waals surface area (Å²) in [6.45, 7) is 0. The number of thiophene rings is 1. The van der Waals surface area contributed by atoms with Gasteiger partial charge in [0.05, 0.1) is 10.5 Å². The molecule has 1 aromatic carbocycles. The number of nitriles is 1. The Kier molecular flexibility index (Phi) is 4.42. The van der Waals surface area contributed by atoms with Gasteiger partial charge in [-0.3, -0.25) is 14.4 Å². The Morgan fingerprint density at radius 2 is 1.97 bits per heavy atom. The SMILES string of the molecule is N#CC1=C(C=O)c2nc(-c3cc(N)ccc3C=O)nn2/C1=N/c1ccc(C=O)s1. The van der Waals surface area contributed by atoms with Gasteiger partial charge in [-0.2, -0.15) is 9.94 Å². The van der Waals surface area contributed by atoms with Crippen LogP contribution in [-0.4, -0.2) is 39.5 Å². The normalized spacial score (nSPS) is 14.0. The molecule has 29 heavy (non-hydrogen) atoms. The monoisotopic (exact) mass is 402 g/mol. The van der Waals surface area contributed by atoms with Gasteiger partial charge in [-0.25, -0.2) is 9.98 Å². The summed E-state index contributed by atoms with van der Waals surface area (Å²) in [6, 6.07) is 9.85. The van der Waals surface area contributed by atoms with Crippen LogP contribution in [-0.2, 0) is 4.79 Å². The first kappa shape index (κ1) is 18.1. The third kappa shape index (κ3) is 2.95. The highest BCUT2D eigenvalue weighted by molar-refractivity contribution is 7.17. The van der Waals surface area contributed by atoms with Gasteiger partial charge in [0.15, 0.2) is 36.3 Å². The Morgan fingerprint density at radius 3 is 2.62 bits per heavy atom. The molecule has 0 amide bonds. The average Bonchev–Trinajstić information content (AvgIpc) is 3.42. The van der Waals surface area contributed by atoms with E-state index < -0.39 is 0 Å². The maximum atomic E-state index is 11.6. The third-order valence-corrected chi connectivity index (χ3v) is 5.07. The number of nitrogens with zero attached hydrogens (tertiary/aromatic N) is 5. The molecule has 0 saturated heterocycles. The highest BCUT2D eigenvalue weighted by atomic mass is 32.1. The van der Waals surface area contributed by atoms with Crippen molar-refractivity contribution in [2.24, 2.45) is 4.99 Å². The predicted molar refractivity (Wildman–Crippen MR) is 106 cm³/mol. The van der Waals surface area contributed by atoms with Gasteiger partial charge >= 0.3 is 0 Å². The quantitative estimate of drug-likeness (QED) is 0.509. The number of aldehydes is 3. The van der Waals surface area contributed by atoms with Crippen LogP contribution in [0.25, 0.3) is 17.0 Å². The summed E-state index contributed by atoms with van der Waals surface area (Å²) in [5.74, 6) is 0.411. The molecule has 0 unspecified atom stereocenters. The largest absolute Gasteiger partial charge is 0.399 e. The maximum absolute atomic E-state index is 11.6. The van der Waals surface area contributed by atoms with Crippen molar-refractivity contribution in [2.45, 2.75) is 0 Å². The van der Waals surface area contributed by atoms with Crippen LogP contribution in [0.3, 0.4) is 0 Å². The zero-order chi connectivity index (χ0) is 20.5. The molecule has 3 heterocycles. The number of benzene rings is 1. The maximum Gasteiger partial charge on any atom is 0.183 e.